The first-order valence-electron chi connectivity index (χ1n) is 8.02. The lowest BCUT2D eigenvalue weighted by Crippen LogP contribution is -2.37. The highest BCUT2D eigenvalue weighted by Gasteiger charge is 2.30. The molecule has 0 spiro atoms. The minimum absolute atomic E-state index is 0.0227. The first kappa shape index (κ1) is 22.0. The van der Waals surface area contributed by atoms with Gasteiger partial charge in [-0.25, -0.2) is 13.2 Å². The van der Waals surface area contributed by atoms with Crippen LogP contribution in [0.2, 0.25) is 10.0 Å². The molecule has 0 aromatic heterocycles. The average Bonchev–Trinajstić information content (AvgIpc) is 2.66. The number of hydrogen-bond acceptors (Lipinski definition) is 6. The molecule has 2 rings (SSSR count). The van der Waals surface area contributed by atoms with Crippen LogP contribution in [-0.2, 0) is 24.3 Å². The van der Waals surface area contributed by atoms with Crippen molar-refractivity contribution in [2.45, 2.75) is 11.8 Å². The Labute approximate surface area is 172 Å². The SMILES string of the molecule is CCOC(=O)CN(c1cc(C(=O)OC)ccc1Cl)S(=O)(=O)c1ccc(Cl)cc1. The predicted octanol–water partition coefficient (Wildman–Crippen LogP) is 3.54. The molecule has 0 fully saturated rings. The smallest absolute Gasteiger partial charge is 0.337 e. The molecule has 0 amide bonds. The van der Waals surface area contributed by atoms with Gasteiger partial charge in [0, 0.05) is 5.02 Å². The minimum Gasteiger partial charge on any atom is -0.465 e. The van der Waals surface area contributed by atoms with Gasteiger partial charge in [0.1, 0.15) is 6.54 Å². The summed E-state index contributed by atoms with van der Waals surface area (Å²) in [6, 6.07) is 9.38. The van der Waals surface area contributed by atoms with Gasteiger partial charge in [0.15, 0.2) is 0 Å². The molecule has 10 heteroatoms. The molecule has 0 N–H and O–H groups in total. The third-order valence-corrected chi connectivity index (χ3v) is 5.96. The van der Waals surface area contributed by atoms with Crippen molar-refractivity contribution in [1.82, 2.24) is 0 Å². The first-order valence-corrected chi connectivity index (χ1v) is 10.2. The largest absolute Gasteiger partial charge is 0.465 e. The zero-order valence-corrected chi connectivity index (χ0v) is 17.3. The molecule has 2 aromatic carbocycles. The van der Waals surface area contributed by atoms with E-state index in [1.54, 1.807) is 6.92 Å². The Morgan fingerprint density at radius 1 is 1.07 bits per heavy atom. The number of rotatable bonds is 7. The summed E-state index contributed by atoms with van der Waals surface area (Å²) in [7, 11) is -3.03. The predicted molar refractivity (Wildman–Crippen MR) is 105 cm³/mol. The van der Waals surface area contributed by atoms with Crippen molar-refractivity contribution in [3.63, 3.8) is 0 Å². The van der Waals surface area contributed by atoms with Crippen molar-refractivity contribution in [3.05, 3.63) is 58.1 Å². The molecule has 0 bridgehead atoms. The van der Waals surface area contributed by atoms with Crippen molar-refractivity contribution in [2.75, 3.05) is 24.6 Å². The van der Waals surface area contributed by atoms with E-state index in [9.17, 15) is 18.0 Å². The molecule has 0 heterocycles. The summed E-state index contributed by atoms with van der Waals surface area (Å²) >= 11 is 12.0. The summed E-state index contributed by atoms with van der Waals surface area (Å²) in [5.74, 6) is -1.46. The Kier molecular flexibility index (Phi) is 7.29. The Bertz CT molecular complexity index is 976. The van der Waals surface area contributed by atoms with E-state index in [0.29, 0.717) is 5.02 Å². The van der Waals surface area contributed by atoms with Gasteiger partial charge in [-0.15, -0.1) is 0 Å². The number of benzene rings is 2. The van der Waals surface area contributed by atoms with Crippen molar-refractivity contribution in [2.24, 2.45) is 0 Å². The van der Waals surface area contributed by atoms with Crippen LogP contribution in [0.3, 0.4) is 0 Å². The number of carbonyl (C=O) groups excluding carboxylic acids is 2. The van der Waals surface area contributed by atoms with Gasteiger partial charge in [-0.1, -0.05) is 23.2 Å². The Morgan fingerprint density at radius 2 is 1.71 bits per heavy atom. The van der Waals surface area contributed by atoms with Crippen LogP contribution in [0.25, 0.3) is 0 Å². The highest BCUT2D eigenvalue weighted by molar-refractivity contribution is 7.92. The highest BCUT2D eigenvalue weighted by Crippen LogP contribution is 2.32. The van der Waals surface area contributed by atoms with Gasteiger partial charge < -0.3 is 9.47 Å². The number of carbonyl (C=O) groups is 2. The summed E-state index contributed by atoms with van der Waals surface area (Å²) in [5, 5.41) is 0.371. The van der Waals surface area contributed by atoms with Crippen LogP contribution >= 0.6 is 23.2 Å². The zero-order valence-electron chi connectivity index (χ0n) is 15.0. The van der Waals surface area contributed by atoms with Crippen molar-refractivity contribution in [3.8, 4) is 0 Å². The van der Waals surface area contributed by atoms with Crippen LogP contribution in [0.4, 0.5) is 5.69 Å². The molecule has 0 unspecified atom stereocenters. The number of anilines is 1. The maximum Gasteiger partial charge on any atom is 0.337 e. The second kappa shape index (κ2) is 9.27. The van der Waals surface area contributed by atoms with Crippen molar-refractivity contribution in [1.29, 1.82) is 0 Å². The third kappa shape index (κ3) is 4.95. The van der Waals surface area contributed by atoms with Gasteiger partial charge in [-0.3, -0.25) is 9.10 Å². The maximum atomic E-state index is 13.2. The lowest BCUT2D eigenvalue weighted by Gasteiger charge is -2.25. The zero-order chi connectivity index (χ0) is 20.9. The summed E-state index contributed by atoms with van der Waals surface area (Å²) in [4.78, 5) is 23.8. The monoisotopic (exact) mass is 445 g/mol. The van der Waals surface area contributed by atoms with Gasteiger partial charge in [-0.05, 0) is 49.4 Å². The van der Waals surface area contributed by atoms with Crippen LogP contribution in [0.1, 0.15) is 17.3 Å². The second-order valence-corrected chi connectivity index (χ2v) is 8.13. The lowest BCUT2D eigenvalue weighted by atomic mass is 10.2. The van der Waals surface area contributed by atoms with Gasteiger partial charge in [-0.2, -0.15) is 0 Å². The summed E-state index contributed by atoms with van der Waals surface area (Å²) in [6.45, 7) is 1.04. The fraction of sp³-hybridized carbons (Fsp3) is 0.222. The Morgan fingerprint density at radius 3 is 2.29 bits per heavy atom. The molecule has 0 radical (unpaired) electrons. The van der Waals surface area contributed by atoms with Gasteiger partial charge in [0.2, 0.25) is 0 Å². The van der Waals surface area contributed by atoms with Crippen LogP contribution in [0.15, 0.2) is 47.4 Å². The van der Waals surface area contributed by atoms with E-state index >= 15 is 0 Å². The highest BCUT2D eigenvalue weighted by atomic mass is 35.5. The van der Waals surface area contributed by atoms with E-state index in [-0.39, 0.29) is 27.8 Å². The van der Waals surface area contributed by atoms with E-state index < -0.39 is 28.5 Å². The van der Waals surface area contributed by atoms with Crippen molar-refractivity contribution < 1.29 is 27.5 Å². The molecule has 150 valence electrons. The number of esters is 2. The molecule has 0 aliphatic heterocycles. The molecule has 0 saturated heterocycles. The Hall–Kier alpha value is -2.29. The standard InChI is InChI=1S/C18H17Cl2NO6S/c1-3-27-17(22)11-21(28(24,25)14-7-5-13(19)6-8-14)16-10-12(18(23)26-2)4-9-15(16)20/h4-10H,3,11H2,1-2H3. The molecule has 0 aliphatic rings. The fourth-order valence-electron chi connectivity index (χ4n) is 2.31. The maximum absolute atomic E-state index is 13.2. The molecular weight excluding hydrogens is 429 g/mol. The number of hydrogen-bond donors (Lipinski definition) is 0. The molecule has 0 saturated carbocycles. The number of methoxy groups -OCH3 is 1. The molecule has 2 aromatic rings. The molecule has 0 atom stereocenters. The van der Waals surface area contributed by atoms with Gasteiger partial charge >= 0.3 is 11.9 Å². The molecule has 7 nitrogen and oxygen atoms in total. The van der Waals surface area contributed by atoms with Crippen LogP contribution in [0.5, 0.6) is 0 Å². The topological polar surface area (TPSA) is 90.0 Å². The molecule has 28 heavy (non-hydrogen) atoms. The lowest BCUT2D eigenvalue weighted by molar-refractivity contribution is -0.141. The van der Waals surface area contributed by atoms with Crippen LogP contribution in [-0.4, -0.2) is 40.6 Å². The van der Waals surface area contributed by atoms with E-state index in [1.165, 1.54) is 49.6 Å². The number of ether oxygens (including phenoxy) is 2. The van der Waals surface area contributed by atoms with E-state index in [1.807, 2.05) is 0 Å². The number of halogens is 2. The van der Waals surface area contributed by atoms with E-state index in [2.05, 4.69) is 4.74 Å². The molecular formula is C18H17Cl2NO6S. The average molecular weight is 446 g/mol. The normalized spacial score (nSPS) is 11.0. The summed E-state index contributed by atoms with van der Waals surface area (Å²) < 4.78 is 36.7. The quantitative estimate of drug-likeness (QED) is 0.605. The summed E-state index contributed by atoms with van der Waals surface area (Å²) in [5.41, 5.74) is 0.00892. The Balaban J connectivity index is 2.61. The number of nitrogens with zero attached hydrogens (tertiary/aromatic N) is 1. The van der Waals surface area contributed by atoms with Gasteiger partial charge in [0.05, 0.1) is 34.9 Å². The van der Waals surface area contributed by atoms with Crippen LogP contribution < -0.4 is 4.31 Å². The summed E-state index contributed by atoms with van der Waals surface area (Å²) in [6.07, 6.45) is 0. The fourth-order valence-corrected chi connectivity index (χ4v) is 4.12. The van der Waals surface area contributed by atoms with E-state index in [0.717, 1.165) is 4.31 Å². The van der Waals surface area contributed by atoms with Crippen LogP contribution in [0, 0.1) is 0 Å². The van der Waals surface area contributed by atoms with E-state index in [4.69, 9.17) is 27.9 Å². The second-order valence-electron chi connectivity index (χ2n) is 5.43. The minimum atomic E-state index is -4.22. The first-order chi connectivity index (χ1) is 13.2. The third-order valence-electron chi connectivity index (χ3n) is 3.62. The number of sulfonamides is 1. The van der Waals surface area contributed by atoms with Crippen molar-refractivity contribution >= 4 is 50.9 Å². The molecule has 0 aliphatic carbocycles. The van der Waals surface area contributed by atoms with Gasteiger partial charge in [0.25, 0.3) is 10.0 Å².